The van der Waals surface area contributed by atoms with Crippen LogP contribution >= 0.6 is 0 Å². The smallest absolute Gasteiger partial charge is 0.129 e. The van der Waals surface area contributed by atoms with Crippen LogP contribution in [0.1, 0.15) is 32.6 Å². The second-order valence-corrected chi connectivity index (χ2v) is 5.84. The van der Waals surface area contributed by atoms with Gasteiger partial charge in [0.05, 0.1) is 5.52 Å². The molecule has 0 atom stereocenters. The van der Waals surface area contributed by atoms with Gasteiger partial charge in [-0.1, -0.05) is 19.8 Å². The van der Waals surface area contributed by atoms with Crippen molar-refractivity contribution >= 4 is 22.4 Å². The molecule has 1 aliphatic heterocycles. The van der Waals surface area contributed by atoms with Gasteiger partial charge < -0.3 is 10.6 Å². The van der Waals surface area contributed by atoms with Gasteiger partial charge in [-0.05, 0) is 49.1 Å². The summed E-state index contributed by atoms with van der Waals surface area (Å²) in [6, 6.07) is 10.2. The fourth-order valence-electron chi connectivity index (χ4n) is 3.17. The van der Waals surface area contributed by atoms with Crippen molar-refractivity contribution < 1.29 is 0 Å². The second-order valence-electron chi connectivity index (χ2n) is 5.84. The van der Waals surface area contributed by atoms with Gasteiger partial charge >= 0.3 is 0 Å². The van der Waals surface area contributed by atoms with Gasteiger partial charge in [-0.15, -0.1) is 0 Å². The van der Waals surface area contributed by atoms with E-state index in [9.17, 15) is 0 Å². The van der Waals surface area contributed by atoms with E-state index in [0.717, 1.165) is 41.4 Å². The number of pyridine rings is 1. The van der Waals surface area contributed by atoms with Crippen LogP contribution in [0.4, 0.5) is 11.5 Å². The van der Waals surface area contributed by atoms with Gasteiger partial charge in [-0.2, -0.15) is 0 Å². The van der Waals surface area contributed by atoms with Crippen LogP contribution in [0.15, 0.2) is 30.3 Å². The highest BCUT2D eigenvalue weighted by Gasteiger charge is 2.19. The molecule has 1 aromatic carbocycles. The molecule has 0 bridgehead atoms. The number of nitrogens with two attached hydrogens (primary N) is 1. The van der Waals surface area contributed by atoms with Gasteiger partial charge in [0.2, 0.25) is 0 Å². The van der Waals surface area contributed by atoms with Crippen LogP contribution in [-0.4, -0.2) is 18.1 Å². The van der Waals surface area contributed by atoms with E-state index in [2.05, 4.69) is 24.0 Å². The van der Waals surface area contributed by atoms with Crippen molar-refractivity contribution in [3.63, 3.8) is 0 Å². The number of nitrogens with zero attached hydrogens (tertiary/aromatic N) is 2. The van der Waals surface area contributed by atoms with Gasteiger partial charge in [-0.3, -0.25) is 0 Å². The monoisotopic (exact) mass is 269 g/mol. The average Bonchev–Trinajstić information content (AvgIpc) is 2.48. The van der Waals surface area contributed by atoms with Gasteiger partial charge in [0, 0.05) is 24.2 Å². The third kappa shape index (κ3) is 2.72. The van der Waals surface area contributed by atoms with Gasteiger partial charge in [0.1, 0.15) is 5.82 Å². The Bertz CT molecular complexity index is 586. The molecule has 2 N–H and O–H groups in total. The standard InChI is InChI=1S/C17H23N3/c1-2-3-13-8-10-20(11-9-13)17-7-4-14-12-15(18)5-6-16(14)19-17/h4-7,12-13H,2-3,8-11,18H2,1H3. The number of hydrogen-bond donors (Lipinski definition) is 1. The number of piperidine rings is 1. The maximum Gasteiger partial charge on any atom is 0.129 e. The molecule has 0 unspecified atom stereocenters. The first-order valence-electron chi connectivity index (χ1n) is 7.67. The van der Waals surface area contributed by atoms with Crippen molar-refractivity contribution in [3.8, 4) is 0 Å². The van der Waals surface area contributed by atoms with Crippen molar-refractivity contribution in [2.24, 2.45) is 5.92 Å². The summed E-state index contributed by atoms with van der Waals surface area (Å²) < 4.78 is 0. The first kappa shape index (κ1) is 13.2. The Balaban J connectivity index is 1.76. The predicted octanol–water partition coefficient (Wildman–Crippen LogP) is 3.83. The lowest BCUT2D eigenvalue weighted by atomic mass is 9.92. The molecule has 0 radical (unpaired) electrons. The highest BCUT2D eigenvalue weighted by Crippen LogP contribution is 2.26. The second kappa shape index (κ2) is 5.70. The zero-order valence-corrected chi connectivity index (χ0v) is 12.2. The summed E-state index contributed by atoms with van der Waals surface area (Å²) in [7, 11) is 0. The number of aromatic nitrogens is 1. The Morgan fingerprint density at radius 1 is 1.20 bits per heavy atom. The summed E-state index contributed by atoms with van der Waals surface area (Å²) in [6.07, 6.45) is 5.28. The summed E-state index contributed by atoms with van der Waals surface area (Å²) in [5.41, 5.74) is 7.64. The third-order valence-corrected chi connectivity index (χ3v) is 4.33. The Kier molecular flexibility index (Phi) is 3.77. The number of benzene rings is 1. The fourth-order valence-corrected chi connectivity index (χ4v) is 3.17. The SMILES string of the molecule is CCCC1CCN(c2ccc3cc(N)ccc3n2)CC1. The average molecular weight is 269 g/mol. The summed E-state index contributed by atoms with van der Waals surface area (Å²) in [5, 5.41) is 1.12. The van der Waals surface area contributed by atoms with Crippen LogP contribution in [-0.2, 0) is 0 Å². The van der Waals surface area contributed by atoms with Crippen LogP contribution < -0.4 is 10.6 Å². The maximum atomic E-state index is 5.81. The van der Waals surface area contributed by atoms with E-state index in [4.69, 9.17) is 10.7 Å². The number of hydrogen-bond acceptors (Lipinski definition) is 3. The highest BCUT2D eigenvalue weighted by atomic mass is 15.2. The summed E-state index contributed by atoms with van der Waals surface area (Å²) in [4.78, 5) is 7.20. The molecule has 2 heterocycles. The number of anilines is 2. The van der Waals surface area contributed by atoms with E-state index < -0.39 is 0 Å². The number of nitrogen functional groups attached to an aromatic ring is 1. The van der Waals surface area contributed by atoms with Crippen molar-refractivity contribution in [3.05, 3.63) is 30.3 Å². The van der Waals surface area contributed by atoms with Crippen molar-refractivity contribution in [2.75, 3.05) is 23.7 Å². The quantitative estimate of drug-likeness (QED) is 0.861. The van der Waals surface area contributed by atoms with E-state index in [0.29, 0.717) is 0 Å². The minimum Gasteiger partial charge on any atom is -0.399 e. The van der Waals surface area contributed by atoms with Gasteiger partial charge in [0.15, 0.2) is 0 Å². The third-order valence-electron chi connectivity index (χ3n) is 4.33. The molecule has 3 rings (SSSR count). The minimum atomic E-state index is 0.799. The molecular formula is C17H23N3. The molecule has 1 fully saturated rings. The highest BCUT2D eigenvalue weighted by molar-refractivity contribution is 5.83. The van der Waals surface area contributed by atoms with Gasteiger partial charge in [0.25, 0.3) is 0 Å². The van der Waals surface area contributed by atoms with Crippen LogP contribution in [0.25, 0.3) is 10.9 Å². The van der Waals surface area contributed by atoms with E-state index in [1.54, 1.807) is 0 Å². The molecule has 0 amide bonds. The largest absolute Gasteiger partial charge is 0.399 e. The predicted molar refractivity (Wildman–Crippen MR) is 86.0 cm³/mol. The zero-order valence-electron chi connectivity index (χ0n) is 12.2. The molecule has 0 aliphatic carbocycles. The van der Waals surface area contributed by atoms with Crippen LogP contribution in [0.3, 0.4) is 0 Å². The van der Waals surface area contributed by atoms with Crippen LogP contribution in [0, 0.1) is 5.92 Å². The van der Waals surface area contributed by atoms with Crippen LogP contribution in [0.2, 0.25) is 0 Å². The Hall–Kier alpha value is -1.77. The first-order valence-corrected chi connectivity index (χ1v) is 7.67. The lowest BCUT2D eigenvalue weighted by molar-refractivity contribution is 0.377. The lowest BCUT2D eigenvalue weighted by Crippen LogP contribution is -2.34. The maximum absolute atomic E-state index is 5.81. The Morgan fingerprint density at radius 2 is 2.00 bits per heavy atom. The first-order chi connectivity index (χ1) is 9.76. The van der Waals surface area contributed by atoms with E-state index in [1.165, 1.54) is 25.7 Å². The fraction of sp³-hybridized carbons (Fsp3) is 0.471. The molecule has 106 valence electrons. The zero-order chi connectivity index (χ0) is 13.9. The molecular weight excluding hydrogens is 246 g/mol. The van der Waals surface area contributed by atoms with E-state index >= 15 is 0 Å². The molecule has 0 saturated carbocycles. The van der Waals surface area contributed by atoms with Crippen molar-refractivity contribution in [2.45, 2.75) is 32.6 Å². The Morgan fingerprint density at radius 3 is 2.75 bits per heavy atom. The topological polar surface area (TPSA) is 42.1 Å². The molecule has 1 saturated heterocycles. The summed E-state index contributed by atoms with van der Waals surface area (Å²) in [6.45, 7) is 4.55. The van der Waals surface area contributed by atoms with Crippen molar-refractivity contribution in [1.29, 1.82) is 0 Å². The molecule has 2 aromatic rings. The summed E-state index contributed by atoms with van der Waals surface area (Å²) >= 11 is 0. The molecule has 1 aliphatic rings. The van der Waals surface area contributed by atoms with Crippen LogP contribution in [0.5, 0.6) is 0 Å². The molecule has 3 heteroatoms. The molecule has 1 aromatic heterocycles. The minimum absolute atomic E-state index is 0.799. The number of rotatable bonds is 3. The molecule has 3 nitrogen and oxygen atoms in total. The van der Waals surface area contributed by atoms with Crippen molar-refractivity contribution in [1.82, 2.24) is 4.98 Å². The molecule has 20 heavy (non-hydrogen) atoms. The normalized spacial score (nSPS) is 16.8. The lowest BCUT2D eigenvalue weighted by Gasteiger charge is -2.32. The number of fused-ring (bicyclic) bond motifs is 1. The van der Waals surface area contributed by atoms with Gasteiger partial charge in [-0.25, -0.2) is 4.98 Å². The van der Waals surface area contributed by atoms with E-state index in [-0.39, 0.29) is 0 Å². The summed E-state index contributed by atoms with van der Waals surface area (Å²) in [5.74, 6) is 2.02. The Labute approximate surface area is 120 Å². The molecule has 0 spiro atoms. The van der Waals surface area contributed by atoms with E-state index in [1.807, 2.05) is 18.2 Å².